The molecular weight excluding hydrogens is 456 g/mol. The summed E-state index contributed by atoms with van der Waals surface area (Å²) >= 11 is 0. The molecule has 1 saturated heterocycles. The molecule has 0 spiro atoms. The zero-order valence-corrected chi connectivity index (χ0v) is 21.3. The van der Waals surface area contributed by atoms with Gasteiger partial charge in [0.2, 0.25) is 11.8 Å². The van der Waals surface area contributed by atoms with E-state index < -0.39 is 17.6 Å². The normalized spacial score (nSPS) is 17.6. The van der Waals surface area contributed by atoms with Crippen LogP contribution in [-0.2, 0) is 20.7 Å². The van der Waals surface area contributed by atoms with Gasteiger partial charge in [0.05, 0.1) is 18.2 Å². The second-order valence-corrected chi connectivity index (χ2v) is 10.8. The van der Waals surface area contributed by atoms with Crippen LogP contribution in [0, 0.1) is 5.92 Å². The SMILES string of the molecule is CC(C)(C)OC(=O)c1ccc(NC(=O)C(N)Cc2ccc(N3CCN(CC4CC4)CC3=O)cc2)cc1. The maximum atomic E-state index is 12.6. The van der Waals surface area contributed by atoms with E-state index in [0.717, 1.165) is 30.3 Å². The van der Waals surface area contributed by atoms with Crippen molar-refractivity contribution < 1.29 is 19.1 Å². The molecule has 8 heteroatoms. The number of nitrogens with two attached hydrogens (primary N) is 1. The molecule has 4 rings (SSSR count). The average molecular weight is 493 g/mol. The highest BCUT2D eigenvalue weighted by Gasteiger charge is 2.30. The number of anilines is 2. The Hall–Kier alpha value is -3.23. The van der Waals surface area contributed by atoms with Gasteiger partial charge in [-0.3, -0.25) is 14.5 Å². The maximum Gasteiger partial charge on any atom is 0.338 e. The first-order chi connectivity index (χ1) is 17.1. The second kappa shape index (κ2) is 10.8. The molecule has 192 valence electrons. The second-order valence-electron chi connectivity index (χ2n) is 10.8. The van der Waals surface area contributed by atoms with Gasteiger partial charge < -0.3 is 20.7 Å². The van der Waals surface area contributed by atoms with Gasteiger partial charge in [0, 0.05) is 31.0 Å². The average Bonchev–Trinajstić information content (AvgIpc) is 3.63. The number of hydrogen-bond donors (Lipinski definition) is 2. The van der Waals surface area contributed by atoms with Crippen molar-refractivity contribution in [3.05, 3.63) is 59.7 Å². The van der Waals surface area contributed by atoms with Crippen molar-refractivity contribution in [3.63, 3.8) is 0 Å². The van der Waals surface area contributed by atoms with Crippen LogP contribution in [0.5, 0.6) is 0 Å². The van der Waals surface area contributed by atoms with Crippen molar-refractivity contribution >= 4 is 29.2 Å². The molecule has 1 aliphatic carbocycles. The first-order valence-corrected chi connectivity index (χ1v) is 12.6. The third-order valence-electron chi connectivity index (χ3n) is 6.34. The predicted molar refractivity (Wildman–Crippen MR) is 140 cm³/mol. The molecule has 1 saturated carbocycles. The van der Waals surface area contributed by atoms with Crippen LogP contribution >= 0.6 is 0 Å². The van der Waals surface area contributed by atoms with Gasteiger partial charge >= 0.3 is 5.97 Å². The smallest absolute Gasteiger partial charge is 0.338 e. The summed E-state index contributed by atoms with van der Waals surface area (Å²) in [5, 5.41) is 2.79. The number of piperazine rings is 1. The van der Waals surface area contributed by atoms with Crippen LogP contribution in [0.15, 0.2) is 48.5 Å². The zero-order chi connectivity index (χ0) is 25.9. The molecule has 2 amide bonds. The van der Waals surface area contributed by atoms with Crippen LogP contribution in [0.4, 0.5) is 11.4 Å². The number of nitrogens with zero attached hydrogens (tertiary/aromatic N) is 2. The summed E-state index contributed by atoms with van der Waals surface area (Å²) in [7, 11) is 0. The van der Waals surface area contributed by atoms with E-state index in [0.29, 0.717) is 30.8 Å². The Kier molecular flexibility index (Phi) is 7.76. The predicted octanol–water partition coefficient (Wildman–Crippen LogP) is 3.21. The van der Waals surface area contributed by atoms with Crippen molar-refractivity contribution in [2.24, 2.45) is 11.7 Å². The van der Waals surface area contributed by atoms with Gasteiger partial charge in [-0.2, -0.15) is 0 Å². The Morgan fingerprint density at radius 1 is 1.06 bits per heavy atom. The Morgan fingerprint density at radius 2 is 1.72 bits per heavy atom. The van der Waals surface area contributed by atoms with Crippen molar-refractivity contribution in [2.45, 2.75) is 51.7 Å². The molecule has 0 aromatic heterocycles. The highest BCUT2D eigenvalue weighted by molar-refractivity contribution is 5.96. The van der Waals surface area contributed by atoms with E-state index in [1.165, 1.54) is 12.8 Å². The molecule has 1 unspecified atom stereocenters. The van der Waals surface area contributed by atoms with Crippen LogP contribution in [0.2, 0.25) is 0 Å². The number of carbonyl (C=O) groups is 3. The third kappa shape index (κ3) is 7.15. The number of carbonyl (C=O) groups excluding carboxylic acids is 3. The summed E-state index contributed by atoms with van der Waals surface area (Å²) < 4.78 is 5.35. The molecule has 2 aromatic rings. The quantitative estimate of drug-likeness (QED) is 0.549. The fourth-order valence-corrected chi connectivity index (χ4v) is 4.24. The molecule has 1 heterocycles. The number of ether oxygens (including phenoxy) is 1. The Morgan fingerprint density at radius 3 is 2.31 bits per heavy atom. The molecule has 36 heavy (non-hydrogen) atoms. The molecule has 3 N–H and O–H groups in total. The van der Waals surface area contributed by atoms with Gasteiger partial charge in [-0.1, -0.05) is 12.1 Å². The molecule has 1 aliphatic heterocycles. The van der Waals surface area contributed by atoms with E-state index in [2.05, 4.69) is 10.2 Å². The fraction of sp³-hybridized carbons (Fsp3) is 0.464. The summed E-state index contributed by atoms with van der Waals surface area (Å²) in [6, 6.07) is 13.5. The van der Waals surface area contributed by atoms with E-state index in [1.54, 1.807) is 24.3 Å². The standard InChI is InChI=1S/C28H36N4O4/c1-28(2,3)36-27(35)21-8-10-22(11-9-21)30-26(34)24(29)16-19-6-12-23(13-7-19)32-15-14-31(18-25(32)33)17-20-4-5-20/h6-13,20,24H,4-5,14-18,29H2,1-3H3,(H,30,34). The lowest BCUT2D eigenvalue weighted by Gasteiger charge is -2.34. The zero-order valence-electron chi connectivity index (χ0n) is 21.3. The lowest BCUT2D eigenvalue weighted by molar-refractivity contribution is -0.121. The molecule has 2 aliphatic rings. The van der Waals surface area contributed by atoms with E-state index in [-0.39, 0.29) is 11.8 Å². The lowest BCUT2D eigenvalue weighted by Crippen LogP contribution is -2.50. The molecule has 0 bridgehead atoms. The first-order valence-electron chi connectivity index (χ1n) is 12.6. The molecule has 2 fully saturated rings. The Labute approximate surface area is 212 Å². The minimum absolute atomic E-state index is 0.128. The summed E-state index contributed by atoms with van der Waals surface area (Å²) in [5.74, 6) is 0.179. The van der Waals surface area contributed by atoms with Crippen molar-refractivity contribution in [2.75, 3.05) is 36.4 Å². The number of hydrogen-bond acceptors (Lipinski definition) is 6. The van der Waals surface area contributed by atoms with E-state index in [4.69, 9.17) is 10.5 Å². The van der Waals surface area contributed by atoms with Crippen LogP contribution < -0.4 is 16.0 Å². The highest BCUT2D eigenvalue weighted by Crippen LogP contribution is 2.30. The molecular formula is C28H36N4O4. The lowest BCUT2D eigenvalue weighted by atomic mass is 10.0. The van der Waals surface area contributed by atoms with Crippen LogP contribution in [-0.4, -0.2) is 60.5 Å². The summed E-state index contributed by atoms with van der Waals surface area (Å²) in [6.07, 6.45) is 2.94. The van der Waals surface area contributed by atoms with E-state index in [1.807, 2.05) is 49.9 Å². The highest BCUT2D eigenvalue weighted by atomic mass is 16.6. The minimum atomic E-state index is -0.742. The fourth-order valence-electron chi connectivity index (χ4n) is 4.24. The van der Waals surface area contributed by atoms with Crippen LogP contribution in [0.1, 0.15) is 49.5 Å². The van der Waals surface area contributed by atoms with Gasteiger partial charge in [-0.25, -0.2) is 4.79 Å². The molecule has 2 aromatic carbocycles. The summed E-state index contributed by atoms with van der Waals surface area (Å²) in [5.41, 5.74) is 8.33. The van der Waals surface area contributed by atoms with Crippen molar-refractivity contribution in [3.8, 4) is 0 Å². The summed E-state index contributed by atoms with van der Waals surface area (Å²) in [6.45, 7) is 8.53. The summed E-state index contributed by atoms with van der Waals surface area (Å²) in [4.78, 5) is 41.5. The Balaban J connectivity index is 1.27. The number of esters is 1. The number of amides is 2. The Bertz CT molecular complexity index is 1090. The number of nitrogens with one attached hydrogen (secondary N) is 1. The number of rotatable bonds is 8. The largest absolute Gasteiger partial charge is 0.456 e. The topological polar surface area (TPSA) is 105 Å². The molecule has 0 radical (unpaired) electrons. The van der Waals surface area contributed by atoms with Crippen molar-refractivity contribution in [1.82, 2.24) is 4.90 Å². The van der Waals surface area contributed by atoms with Gasteiger partial charge in [0.15, 0.2) is 0 Å². The maximum absolute atomic E-state index is 12.6. The van der Waals surface area contributed by atoms with Gasteiger partial charge in [0.1, 0.15) is 5.60 Å². The van der Waals surface area contributed by atoms with Crippen molar-refractivity contribution in [1.29, 1.82) is 0 Å². The van der Waals surface area contributed by atoms with E-state index in [9.17, 15) is 14.4 Å². The first kappa shape index (κ1) is 25.9. The van der Waals surface area contributed by atoms with Crippen LogP contribution in [0.3, 0.4) is 0 Å². The minimum Gasteiger partial charge on any atom is -0.456 e. The van der Waals surface area contributed by atoms with Gasteiger partial charge in [0.25, 0.3) is 0 Å². The monoisotopic (exact) mass is 492 g/mol. The molecule has 8 nitrogen and oxygen atoms in total. The number of benzene rings is 2. The third-order valence-corrected chi connectivity index (χ3v) is 6.34. The van der Waals surface area contributed by atoms with Gasteiger partial charge in [-0.15, -0.1) is 0 Å². The van der Waals surface area contributed by atoms with Gasteiger partial charge in [-0.05, 0) is 87.9 Å². The van der Waals surface area contributed by atoms with Crippen LogP contribution in [0.25, 0.3) is 0 Å². The van der Waals surface area contributed by atoms with E-state index >= 15 is 0 Å². The molecule has 1 atom stereocenters.